The quantitative estimate of drug-likeness (QED) is 0.604. The number of nitrogens with zero attached hydrogens (tertiary/aromatic N) is 1. The Bertz CT molecular complexity index is 366. The maximum atomic E-state index is 10.9. The molecule has 2 atom stereocenters. The highest BCUT2D eigenvalue weighted by molar-refractivity contribution is 5.13. The van der Waals surface area contributed by atoms with E-state index in [1.165, 1.54) is 13.8 Å². The topological polar surface area (TPSA) is 72.6 Å². The fraction of sp³-hybridized carbons (Fsp3) is 0.500. The fourth-order valence-electron chi connectivity index (χ4n) is 1.28. The van der Waals surface area contributed by atoms with E-state index in [4.69, 9.17) is 4.74 Å². The van der Waals surface area contributed by atoms with Crippen LogP contribution in [0.5, 0.6) is 0 Å². The van der Waals surface area contributed by atoms with Crippen LogP contribution in [-0.4, -0.2) is 28.3 Å². The minimum Gasteiger partial charge on any atom is -0.386 e. The second-order valence-electron chi connectivity index (χ2n) is 4.27. The molecule has 0 saturated heterocycles. The van der Waals surface area contributed by atoms with Crippen LogP contribution < -0.4 is 0 Å². The average molecular weight is 239 g/mol. The normalized spacial score (nSPS) is 16.2. The summed E-state index contributed by atoms with van der Waals surface area (Å²) in [5.74, 6) is 0. The van der Waals surface area contributed by atoms with Gasteiger partial charge in [-0.25, -0.2) is 0 Å². The molecule has 5 heteroatoms. The summed E-state index contributed by atoms with van der Waals surface area (Å²) in [4.78, 5) is 10.4. The number of aliphatic hydroxyl groups is 1. The van der Waals surface area contributed by atoms with Crippen molar-refractivity contribution in [1.29, 1.82) is 0 Å². The number of hydrogen-bond acceptors (Lipinski definition) is 4. The molecular weight excluding hydrogens is 222 g/mol. The first kappa shape index (κ1) is 13.6. The smallest absolute Gasteiger partial charge is 0.267 e. The molecule has 0 heterocycles. The highest BCUT2D eigenvalue weighted by Gasteiger charge is 2.43. The second kappa shape index (κ2) is 5.75. The first-order chi connectivity index (χ1) is 7.97. The van der Waals surface area contributed by atoms with Gasteiger partial charge < -0.3 is 9.84 Å². The molecule has 17 heavy (non-hydrogen) atoms. The van der Waals surface area contributed by atoms with E-state index in [0.717, 1.165) is 5.56 Å². The van der Waals surface area contributed by atoms with E-state index in [2.05, 4.69) is 0 Å². The predicted molar refractivity (Wildman–Crippen MR) is 63.2 cm³/mol. The van der Waals surface area contributed by atoms with Gasteiger partial charge in [-0.3, -0.25) is 10.1 Å². The van der Waals surface area contributed by atoms with Crippen LogP contribution in [0.1, 0.15) is 19.4 Å². The van der Waals surface area contributed by atoms with E-state index in [9.17, 15) is 15.2 Å². The number of benzene rings is 1. The summed E-state index contributed by atoms with van der Waals surface area (Å²) >= 11 is 0. The molecule has 0 radical (unpaired) electrons. The van der Waals surface area contributed by atoms with Crippen molar-refractivity contribution < 1.29 is 14.8 Å². The van der Waals surface area contributed by atoms with E-state index < -0.39 is 16.6 Å². The van der Waals surface area contributed by atoms with Gasteiger partial charge in [0.05, 0.1) is 6.61 Å². The third-order valence-electron chi connectivity index (χ3n) is 2.82. The van der Waals surface area contributed by atoms with Crippen LogP contribution >= 0.6 is 0 Å². The zero-order chi connectivity index (χ0) is 12.9. The van der Waals surface area contributed by atoms with Gasteiger partial charge in [0.25, 0.3) is 5.54 Å². The molecular formula is C12H17NO4. The van der Waals surface area contributed by atoms with Crippen LogP contribution in [0.25, 0.3) is 0 Å². The van der Waals surface area contributed by atoms with Crippen molar-refractivity contribution in [3.8, 4) is 0 Å². The Hall–Kier alpha value is -1.46. The standard InChI is InChI=1S/C12H17NO4/c1-10(14)12(2,13(15)16)9-17-8-11-6-4-3-5-7-11/h3-7,10,14H,8-9H2,1-2H3. The molecule has 0 aliphatic heterocycles. The second-order valence-corrected chi connectivity index (χ2v) is 4.27. The third kappa shape index (κ3) is 3.51. The fourth-order valence-corrected chi connectivity index (χ4v) is 1.28. The highest BCUT2D eigenvalue weighted by Crippen LogP contribution is 2.16. The highest BCUT2D eigenvalue weighted by atomic mass is 16.6. The summed E-state index contributed by atoms with van der Waals surface area (Å²) in [7, 11) is 0. The third-order valence-corrected chi connectivity index (χ3v) is 2.82. The lowest BCUT2D eigenvalue weighted by Gasteiger charge is -2.23. The van der Waals surface area contributed by atoms with Gasteiger partial charge in [0.1, 0.15) is 12.7 Å². The molecule has 0 fully saturated rings. The van der Waals surface area contributed by atoms with Crippen molar-refractivity contribution in [2.45, 2.75) is 32.1 Å². The predicted octanol–water partition coefficient (Wildman–Crippen LogP) is 1.62. The molecule has 2 unspecified atom stereocenters. The van der Waals surface area contributed by atoms with Crippen LogP contribution in [0.2, 0.25) is 0 Å². The number of aliphatic hydroxyl groups excluding tert-OH is 1. The van der Waals surface area contributed by atoms with Gasteiger partial charge in [0.15, 0.2) is 0 Å². The minimum absolute atomic E-state index is 0.118. The molecule has 0 bridgehead atoms. The lowest BCUT2D eigenvalue weighted by Crippen LogP contribution is -2.49. The molecule has 0 spiro atoms. The van der Waals surface area contributed by atoms with Gasteiger partial charge in [0, 0.05) is 11.8 Å². The average Bonchev–Trinajstić information content (AvgIpc) is 2.29. The largest absolute Gasteiger partial charge is 0.386 e. The molecule has 1 rings (SSSR count). The molecule has 1 aromatic rings. The molecule has 0 aliphatic rings. The monoisotopic (exact) mass is 239 g/mol. The van der Waals surface area contributed by atoms with Crippen molar-refractivity contribution in [2.24, 2.45) is 0 Å². The lowest BCUT2D eigenvalue weighted by molar-refractivity contribution is -0.581. The summed E-state index contributed by atoms with van der Waals surface area (Å²) in [6.45, 7) is 2.96. The first-order valence-electron chi connectivity index (χ1n) is 5.41. The van der Waals surface area contributed by atoms with E-state index in [1.54, 1.807) is 0 Å². The van der Waals surface area contributed by atoms with E-state index in [0.29, 0.717) is 6.61 Å². The van der Waals surface area contributed by atoms with E-state index in [-0.39, 0.29) is 6.61 Å². The zero-order valence-corrected chi connectivity index (χ0v) is 10.00. The number of hydrogen-bond donors (Lipinski definition) is 1. The molecule has 0 aliphatic carbocycles. The van der Waals surface area contributed by atoms with Crippen molar-refractivity contribution in [3.63, 3.8) is 0 Å². The number of rotatable bonds is 6. The zero-order valence-electron chi connectivity index (χ0n) is 10.00. The van der Waals surface area contributed by atoms with Gasteiger partial charge in [0.2, 0.25) is 0 Å². The van der Waals surface area contributed by atoms with Crippen LogP contribution in [0.15, 0.2) is 30.3 Å². The Morgan fingerprint density at radius 3 is 2.53 bits per heavy atom. The number of ether oxygens (including phenoxy) is 1. The summed E-state index contributed by atoms with van der Waals surface area (Å²) in [6, 6.07) is 9.40. The van der Waals surface area contributed by atoms with Crippen LogP contribution in [0.3, 0.4) is 0 Å². The van der Waals surface area contributed by atoms with Gasteiger partial charge >= 0.3 is 0 Å². The lowest BCUT2D eigenvalue weighted by atomic mass is 9.98. The van der Waals surface area contributed by atoms with E-state index >= 15 is 0 Å². The summed E-state index contributed by atoms with van der Waals surface area (Å²) in [5, 5.41) is 20.3. The van der Waals surface area contributed by atoms with Crippen LogP contribution in [0.4, 0.5) is 0 Å². The van der Waals surface area contributed by atoms with E-state index in [1.807, 2.05) is 30.3 Å². The Balaban J connectivity index is 2.52. The van der Waals surface area contributed by atoms with Crippen molar-refractivity contribution >= 4 is 0 Å². The van der Waals surface area contributed by atoms with Gasteiger partial charge in [-0.2, -0.15) is 0 Å². The molecule has 94 valence electrons. The Labute approximate surface area is 100 Å². The maximum absolute atomic E-state index is 10.9. The van der Waals surface area contributed by atoms with Gasteiger partial charge in [-0.05, 0) is 12.5 Å². The Kier molecular flexibility index (Phi) is 4.60. The molecule has 0 amide bonds. The summed E-state index contributed by atoms with van der Waals surface area (Å²) in [6.07, 6.45) is -1.06. The first-order valence-corrected chi connectivity index (χ1v) is 5.41. The van der Waals surface area contributed by atoms with Crippen LogP contribution in [0, 0.1) is 10.1 Å². The van der Waals surface area contributed by atoms with Crippen LogP contribution in [-0.2, 0) is 11.3 Å². The maximum Gasteiger partial charge on any atom is 0.267 e. The Morgan fingerprint density at radius 2 is 2.06 bits per heavy atom. The summed E-state index contributed by atoms with van der Waals surface area (Å²) < 4.78 is 5.31. The van der Waals surface area contributed by atoms with Gasteiger partial charge in [-0.15, -0.1) is 0 Å². The molecule has 1 aromatic carbocycles. The minimum atomic E-state index is -1.46. The SMILES string of the molecule is CC(O)C(C)(COCc1ccccc1)[N+](=O)[O-]. The van der Waals surface area contributed by atoms with Gasteiger partial charge in [-0.1, -0.05) is 30.3 Å². The molecule has 5 nitrogen and oxygen atoms in total. The molecule has 1 N–H and O–H groups in total. The van der Waals surface area contributed by atoms with Crippen molar-refractivity contribution in [1.82, 2.24) is 0 Å². The van der Waals surface area contributed by atoms with Crippen molar-refractivity contribution in [2.75, 3.05) is 6.61 Å². The summed E-state index contributed by atoms with van der Waals surface area (Å²) in [5.41, 5.74) is -0.516. The number of nitro groups is 1. The Morgan fingerprint density at radius 1 is 1.47 bits per heavy atom. The molecule has 0 aromatic heterocycles. The van der Waals surface area contributed by atoms with Crippen molar-refractivity contribution in [3.05, 3.63) is 46.0 Å². The molecule has 0 saturated carbocycles.